The molecule has 4 rings (SSSR count). The molecule has 0 radical (unpaired) electrons. The number of carbonyl (C=O) groups is 1. The summed E-state index contributed by atoms with van der Waals surface area (Å²) in [6, 6.07) is 8.74. The Bertz CT molecular complexity index is 568. The molecule has 3 nitrogen and oxygen atoms in total. The predicted molar refractivity (Wildman–Crippen MR) is 94.2 cm³/mol. The maximum atomic E-state index is 13.1. The molecular formula is C19H25NO2S. The lowest BCUT2D eigenvalue weighted by Crippen LogP contribution is -2.51. The number of hydrogen-bond acceptors (Lipinski definition) is 3. The second-order valence-electron chi connectivity index (χ2n) is 6.95. The standard InChI is InChI=1S/C19H25NO2S/c21-19(20-9-11-23-18-7-2-1-6-17(18)20)15-5-3-4-14(12-15)16-8-10-22-13-16/h3-5,12,16-18H,1-2,6-11,13H2/t16-,17+,18+/m1/s1. The zero-order chi connectivity index (χ0) is 15.6. The van der Waals surface area contributed by atoms with Gasteiger partial charge in [-0.1, -0.05) is 25.0 Å². The van der Waals surface area contributed by atoms with Crippen LogP contribution in [-0.2, 0) is 4.74 Å². The molecule has 4 heteroatoms. The van der Waals surface area contributed by atoms with Gasteiger partial charge >= 0.3 is 0 Å². The third kappa shape index (κ3) is 3.16. The minimum Gasteiger partial charge on any atom is -0.381 e. The van der Waals surface area contributed by atoms with E-state index in [9.17, 15) is 4.79 Å². The van der Waals surface area contributed by atoms with Crippen LogP contribution in [0.1, 0.15) is 53.9 Å². The molecule has 3 aliphatic rings. The van der Waals surface area contributed by atoms with Gasteiger partial charge in [0.25, 0.3) is 5.91 Å². The van der Waals surface area contributed by atoms with Crippen molar-refractivity contribution in [2.75, 3.05) is 25.5 Å². The molecule has 0 aromatic heterocycles. The summed E-state index contributed by atoms with van der Waals surface area (Å²) in [6.45, 7) is 2.54. The quantitative estimate of drug-likeness (QED) is 0.828. The van der Waals surface area contributed by atoms with Crippen molar-refractivity contribution in [2.45, 2.75) is 49.3 Å². The van der Waals surface area contributed by atoms with Crippen molar-refractivity contribution in [1.29, 1.82) is 0 Å². The molecule has 3 fully saturated rings. The zero-order valence-electron chi connectivity index (χ0n) is 13.6. The van der Waals surface area contributed by atoms with E-state index in [0.717, 1.165) is 37.5 Å². The largest absolute Gasteiger partial charge is 0.381 e. The van der Waals surface area contributed by atoms with Gasteiger partial charge < -0.3 is 9.64 Å². The topological polar surface area (TPSA) is 29.5 Å². The summed E-state index contributed by atoms with van der Waals surface area (Å²) < 4.78 is 5.50. The van der Waals surface area contributed by atoms with Gasteiger partial charge in [0.1, 0.15) is 0 Å². The molecule has 2 aliphatic heterocycles. The van der Waals surface area contributed by atoms with Gasteiger partial charge in [0, 0.05) is 41.7 Å². The predicted octanol–water partition coefficient (Wildman–Crippen LogP) is 3.69. The molecule has 1 aromatic rings. The van der Waals surface area contributed by atoms with E-state index in [1.165, 1.54) is 31.2 Å². The zero-order valence-corrected chi connectivity index (χ0v) is 14.4. The first-order chi connectivity index (χ1) is 11.3. The Hall–Kier alpha value is -1.000. The molecule has 1 amide bonds. The highest BCUT2D eigenvalue weighted by Crippen LogP contribution is 2.36. The smallest absolute Gasteiger partial charge is 0.254 e. The van der Waals surface area contributed by atoms with Gasteiger partial charge in [0.15, 0.2) is 0 Å². The van der Waals surface area contributed by atoms with E-state index in [4.69, 9.17) is 4.74 Å². The number of thioether (sulfide) groups is 1. The Morgan fingerprint density at radius 3 is 3.00 bits per heavy atom. The molecule has 2 heterocycles. The fourth-order valence-corrected chi connectivity index (χ4v) is 5.68. The van der Waals surface area contributed by atoms with Crippen LogP contribution in [0, 0.1) is 0 Å². The van der Waals surface area contributed by atoms with Gasteiger partial charge in [0.2, 0.25) is 0 Å². The summed E-state index contributed by atoms with van der Waals surface area (Å²) in [6.07, 6.45) is 6.12. The number of amides is 1. The molecule has 1 aliphatic carbocycles. The minimum absolute atomic E-state index is 0.239. The summed E-state index contributed by atoms with van der Waals surface area (Å²) >= 11 is 2.08. The Kier molecular flexibility index (Phi) is 4.63. The summed E-state index contributed by atoms with van der Waals surface area (Å²) in [7, 11) is 0. The molecule has 23 heavy (non-hydrogen) atoms. The molecule has 124 valence electrons. The molecule has 1 saturated carbocycles. The average Bonchev–Trinajstić information content (AvgIpc) is 3.15. The average molecular weight is 331 g/mol. The lowest BCUT2D eigenvalue weighted by atomic mass is 9.92. The second kappa shape index (κ2) is 6.86. The molecule has 1 aromatic carbocycles. The number of benzene rings is 1. The van der Waals surface area contributed by atoms with Crippen molar-refractivity contribution in [3.8, 4) is 0 Å². The van der Waals surface area contributed by atoms with Crippen molar-refractivity contribution >= 4 is 17.7 Å². The van der Waals surface area contributed by atoms with Gasteiger partial charge in [0.05, 0.1) is 6.61 Å². The van der Waals surface area contributed by atoms with E-state index in [1.807, 2.05) is 12.1 Å². The van der Waals surface area contributed by atoms with E-state index >= 15 is 0 Å². The molecular weight excluding hydrogens is 306 g/mol. The second-order valence-corrected chi connectivity index (χ2v) is 8.29. The van der Waals surface area contributed by atoms with Crippen molar-refractivity contribution < 1.29 is 9.53 Å². The lowest BCUT2D eigenvalue weighted by Gasteiger charge is -2.43. The van der Waals surface area contributed by atoms with Crippen LogP contribution in [-0.4, -0.2) is 47.6 Å². The summed E-state index contributed by atoms with van der Waals surface area (Å²) in [5, 5.41) is 0.660. The normalized spacial score (nSPS) is 31.0. The van der Waals surface area contributed by atoms with Crippen LogP contribution in [0.4, 0.5) is 0 Å². The number of carbonyl (C=O) groups excluding carboxylic acids is 1. The van der Waals surface area contributed by atoms with Crippen molar-refractivity contribution in [3.63, 3.8) is 0 Å². The molecule has 0 N–H and O–H groups in total. The van der Waals surface area contributed by atoms with Crippen LogP contribution in [0.15, 0.2) is 24.3 Å². The van der Waals surface area contributed by atoms with E-state index < -0.39 is 0 Å². The number of nitrogens with zero attached hydrogens (tertiary/aromatic N) is 1. The van der Waals surface area contributed by atoms with Crippen molar-refractivity contribution in [1.82, 2.24) is 4.90 Å². The third-order valence-corrected chi connectivity index (χ3v) is 6.92. The maximum absolute atomic E-state index is 13.1. The molecule has 0 bridgehead atoms. The van der Waals surface area contributed by atoms with Gasteiger partial charge in [-0.3, -0.25) is 4.79 Å². The number of rotatable bonds is 2. The third-order valence-electron chi connectivity index (χ3n) is 5.53. The fourth-order valence-electron chi connectivity index (χ4n) is 4.24. The van der Waals surface area contributed by atoms with Gasteiger partial charge in [-0.25, -0.2) is 0 Å². The van der Waals surface area contributed by atoms with Gasteiger partial charge in [-0.15, -0.1) is 0 Å². The Labute approximate surface area is 142 Å². The highest BCUT2D eigenvalue weighted by atomic mass is 32.2. The van der Waals surface area contributed by atoms with Crippen LogP contribution in [0.2, 0.25) is 0 Å². The van der Waals surface area contributed by atoms with Gasteiger partial charge in [-0.05, 0) is 37.0 Å². The SMILES string of the molecule is O=C(c1cccc([C@@H]2CCOC2)c1)N1CCS[C@H]2CCCC[C@@H]21. The van der Waals surface area contributed by atoms with Crippen LogP contribution in [0.5, 0.6) is 0 Å². The summed E-state index contributed by atoms with van der Waals surface area (Å²) in [5.41, 5.74) is 2.13. The van der Waals surface area contributed by atoms with Crippen LogP contribution in [0.25, 0.3) is 0 Å². The lowest BCUT2D eigenvalue weighted by molar-refractivity contribution is 0.0646. The number of fused-ring (bicyclic) bond motifs is 1. The monoisotopic (exact) mass is 331 g/mol. The van der Waals surface area contributed by atoms with E-state index in [1.54, 1.807) is 0 Å². The molecule has 2 saturated heterocycles. The Morgan fingerprint density at radius 1 is 1.22 bits per heavy atom. The number of ether oxygens (including phenoxy) is 1. The van der Waals surface area contributed by atoms with Crippen LogP contribution >= 0.6 is 11.8 Å². The van der Waals surface area contributed by atoms with E-state index in [2.05, 4.69) is 28.8 Å². The van der Waals surface area contributed by atoms with E-state index in [0.29, 0.717) is 17.2 Å². The molecule has 0 unspecified atom stereocenters. The van der Waals surface area contributed by atoms with E-state index in [-0.39, 0.29) is 5.91 Å². The van der Waals surface area contributed by atoms with Crippen LogP contribution in [0.3, 0.4) is 0 Å². The molecule has 0 spiro atoms. The highest BCUT2D eigenvalue weighted by Gasteiger charge is 2.36. The number of hydrogen-bond donors (Lipinski definition) is 0. The first-order valence-electron chi connectivity index (χ1n) is 8.93. The van der Waals surface area contributed by atoms with Gasteiger partial charge in [-0.2, -0.15) is 11.8 Å². The first kappa shape index (κ1) is 15.5. The minimum atomic E-state index is 0.239. The summed E-state index contributed by atoms with van der Waals surface area (Å²) in [4.78, 5) is 15.3. The highest BCUT2D eigenvalue weighted by molar-refractivity contribution is 8.00. The first-order valence-corrected chi connectivity index (χ1v) is 9.98. The molecule has 3 atom stereocenters. The van der Waals surface area contributed by atoms with Crippen molar-refractivity contribution in [3.05, 3.63) is 35.4 Å². The van der Waals surface area contributed by atoms with Crippen LogP contribution < -0.4 is 0 Å². The van der Waals surface area contributed by atoms with Crippen molar-refractivity contribution in [2.24, 2.45) is 0 Å². The Balaban J connectivity index is 1.54. The maximum Gasteiger partial charge on any atom is 0.254 e. The fraction of sp³-hybridized carbons (Fsp3) is 0.632. The summed E-state index contributed by atoms with van der Waals surface area (Å²) in [5.74, 6) is 1.79. The Morgan fingerprint density at radius 2 is 2.13 bits per heavy atom.